The van der Waals surface area contributed by atoms with Gasteiger partial charge in [0.15, 0.2) is 0 Å². The van der Waals surface area contributed by atoms with Crippen LogP contribution in [-0.4, -0.2) is 6.71 Å². The predicted molar refractivity (Wildman–Crippen MR) is 369 cm³/mol. The smallest absolute Gasteiger partial charge is 0.257 e. The van der Waals surface area contributed by atoms with E-state index in [1.165, 1.54) is 16.6 Å². The van der Waals surface area contributed by atoms with Gasteiger partial charge in [-0.1, -0.05) is 169 Å². The highest BCUT2D eigenvalue weighted by molar-refractivity contribution is 7.01. The van der Waals surface area contributed by atoms with E-state index in [0.717, 1.165) is 145 Å². The highest BCUT2D eigenvalue weighted by Crippen LogP contribution is 2.52. The van der Waals surface area contributed by atoms with Gasteiger partial charge in [-0.25, -0.2) is 0 Å². The normalized spacial score (nSPS) is 13.0. The zero-order chi connectivity index (χ0) is 59.2. The number of nitrogens with zero attached hydrogens (tertiary/aromatic N) is 4. The quantitative estimate of drug-likeness (QED) is 0.141. The van der Waals surface area contributed by atoms with Gasteiger partial charge >= 0.3 is 0 Å². The summed E-state index contributed by atoms with van der Waals surface area (Å²) in [5.74, 6) is 0. The molecule has 5 heterocycles. The summed E-state index contributed by atoms with van der Waals surface area (Å²) < 4.78 is 20.5. The lowest BCUT2D eigenvalue weighted by atomic mass is 9.33. The van der Waals surface area contributed by atoms with Gasteiger partial charge in [0.2, 0.25) is 0 Å². The Morgan fingerprint density at radius 3 is 1.28 bits per heavy atom. The van der Waals surface area contributed by atoms with Crippen LogP contribution in [0.4, 0.5) is 68.2 Å². The summed E-state index contributed by atoms with van der Waals surface area (Å²) in [5.41, 5.74) is 23.6. The summed E-state index contributed by atoms with van der Waals surface area (Å²) >= 11 is 0. The van der Waals surface area contributed by atoms with Crippen LogP contribution in [0.5, 0.6) is 0 Å². The van der Waals surface area contributed by atoms with Crippen LogP contribution in [0.25, 0.3) is 65.8 Å². The molecule has 12 aromatic carbocycles. The Morgan fingerprint density at radius 1 is 0.318 bits per heavy atom. The summed E-state index contributed by atoms with van der Waals surface area (Å²) in [5, 5.41) is 6.36. The fourth-order valence-electron chi connectivity index (χ4n) is 14.1. The summed E-state index contributed by atoms with van der Waals surface area (Å²) in [6, 6.07) is 94.9. The van der Waals surface area contributed by atoms with Crippen molar-refractivity contribution in [1.29, 1.82) is 0 Å². The van der Waals surface area contributed by atoms with Gasteiger partial charge in [0.1, 0.15) is 33.5 Å². The molecule has 0 spiro atoms. The Balaban J connectivity index is 0.971. The second kappa shape index (κ2) is 19.4. The number of benzene rings is 12. The fourth-order valence-corrected chi connectivity index (χ4v) is 14.1. The Hall–Kier alpha value is -10.7. The van der Waals surface area contributed by atoms with Crippen LogP contribution in [0.1, 0.15) is 52.7 Å². The largest absolute Gasteiger partial charge is 0.456 e. The number of hydrogen-bond donors (Lipinski definition) is 0. The second-order valence-corrected chi connectivity index (χ2v) is 25.7. The van der Waals surface area contributed by atoms with Crippen LogP contribution < -0.4 is 36.0 Å². The number of rotatable bonds is 8. The van der Waals surface area contributed by atoms with Gasteiger partial charge in [0, 0.05) is 89.5 Å². The third-order valence-electron chi connectivity index (χ3n) is 18.3. The standard InChI is InChI=1S/C80H61BN4O3/c1-79(2,3)50-32-36-54(37-33-50)84-65-27-19-28-66-76(65)81(64-43-40-58(48-67(64)84)82(56-41-44-73-62(46-56)59-24-13-16-29-70(59)86-73)57-42-45-74-63(47-57)60-25-14-17-30-71(60)87-74)77-69(85(66)55-38-34-51(35-39-55)80(4,5)6)49-68(75-61-26-15-18-31-72(61)88-78(75)77)83(52-20-9-7-10-21-52)53-22-11-8-12-23-53/h7-49H,1-6H3. The molecule has 8 heteroatoms. The molecule has 0 saturated carbocycles. The van der Waals surface area contributed by atoms with E-state index in [2.05, 4.69) is 298 Å². The number of anilines is 12. The van der Waals surface area contributed by atoms with Crippen molar-refractivity contribution in [2.24, 2.45) is 0 Å². The molecule has 0 amide bonds. The molecule has 0 radical (unpaired) electrons. The SMILES string of the molecule is CC(C)(C)c1ccc(N2c3cc(N(c4ccc5oc6ccccc6c5c4)c4ccc5oc6ccccc6c5c4)ccc3B3c4c2cccc4N(c2ccc(C(C)(C)C)cc2)c2cc(N(c4ccccc4)c4ccccc4)c4c(oc5ccccc54)c23)cc1. The van der Waals surface area contributed by atoms with Crippen molar-refractivity contribution < 1.29 is 13.3 Å². The summed E-state index contributed by atoms with van der Waals surface area (Å²) in [6.07, 6.45) is 0. The molecule has 0 atom stereocenters. The lowest BCUT2D eigenvalue weighted by Crippen LogP contribution is -2.61. The van der Waals surface area contributed by atoms with Crippen molar-refractivity contribution in [3.8, 4) is 0 Å². The number of hydrogen-bond acceptors (Lipinski definition) is 7. The van der Waals surface area contributed by atoms with Crippen molar-refractivity contribution in [3.63, 3.8) is 0 Å². The average molecular weight is 1140 g/mol. The predicted octanol–water partition coefficient (Wildman–Crippen LogP) is 21.0. The molecule has 2 aliphatic heterocycles. The molecule has 0 bridgehead atoms. The summed E-state index contributed by atoms with van der Waals surface area (Å²) in [6.45, 7) is 13.4. The Bertz CT molecular complexity index is 5110. The first-order valence-electron chi connectivity index (χ1n) is 30.5. The van der Waals surface area contributed by atoms with Crippen molar-refractivity contribution in [2.75, 3.05) is 19.6 Å². The summed E-state index contributed by atoms with van der Waals surface area (Å²) in [4.78, 5) is 9.83. The minimum Gasteiger partial charge on any atom is -0.456 e. The Labute approximate surface area is 511 Å². The van der Waals surface area contributed by atoms with Crippen molar-refractivity contribution in [2.45, 2.75) is 52.4 Å². The fraction of sp³-hybridized carbons (Fsp3) is 0.100. The number of fused-ring (bicyclic) bond motifs is 14. The van der Waals surface area contributed by atoms with Crippen LogP contribution in [-0.2, 0) is 10.8 Å². The Morgan fingerprint density at radius 2 is 0.761 bits per heavy atom. The van der Waals surface area contributed by atoms with Crippen molar-refractivity contribution in [3.05, 3.63) is 272 Å². The molecule has 422 valence electrons. The maximum Gasteiger partial charge on any atom is 0.257 e. The van der Waals surface area contributed by atoms with Crippen LogP contribution in [0.3, 0.4) is 0 Å². The molecule has 0 N–H and O–H groups in total. The summed E-state index contributed by atoms with van der Waals surface area (Å²) in [7, 11) is 0. The third kappa shape index (κ3) is 8.05. The van der Waals surface area contributed by atoms with E-state index in [1.54, 1.807) is 0 Å². The Kier molecular flexibility index (Phi) is 11.4. The molecular formula is C80H61BN4O3. The molecule has 0 saturated heterocycles. The van der Waals surface area contributed by atoms with Gasteiger partial charge in [-0.15, -0.1) is 0 Å². The average Bonchev–Trinajstić information content (AvgIpc) is 0.977. The van der Waals surface area contributed by atoms with Crippen LogP contribution in [0.2, 0.25) is 0 Å². The van der Waals surface area contributed by atoms with Crippen molar-refractivity contribution >= 4 is 157 Å². The zero-order valence-electron chi connectivity index (χ0n) is 49.9. The topological polar surface area (TPSA) is 52.4 Å². The third-order valence-corrected chi connectivity index (χ3v) is 18.3. The maximum atomic E-state index is 7.55. The zero-order valence-corrected chi connectivity index (χ0v) is 49.9. The first kappa shape index (κ1) is 51.7. The van der Waals surface area contributed by atoms with Gasteiger partial charge in [-0.2, -0.15) is 0 Å². The van der Waals surface area contributed by atoms with E-state index in [-0.39, 0.29) is 17.5 Å². The minimum atomic E-state index is -0.282. The molecule has 0 unspecified atom stereocenters. The van der Waals surface area contributed by atoms with Crippen LogP contribution in [0, 0.1) is 0 Å². The van der Waals surface area contributed by atoms with Crippen molar-refractivity contribution in [1.82, 2.24) is 0 Å². The van der Waals surface area contributed by atoms with E-state index in [9.17, 15) is 0 Å². The second-order valence-electron chi connectivity index (χ2n) is 25.7. The van der Waals surface area contributed by atoms with Crippen LogP contribution in [0.15, 0.2) is 274 Å². The highest BCUT2D eigenvalue weighted by Gasteiger charge is 2.46. The first-order chi connectivity index (χ1) is 42.9. The molecular weight excluding hydrogens is 1080 g/mol. The van der Waals surface area contributed by atoms with E-state index in [0.29, 0.717) is 0 Å². The highest BCUT2D eigenvalue weighted by atomic mass is 16.3. The molecule has 2 aliphatic rings. The van der Waals surface area contributed by atoms with E-state index in [1.807, 2.05) is 24.3 Å². The monoisotopic (exact) mass is 1140 g/mol. The van der Waals surface area contributed by atoms with E-state index in [4.69, 9.17) is 13.3 Å². The molecule has 7 nitrogen and oxygen atoms in total. The lowest BCUT2D eigenvalue weighted by molar-refractivity contribution is 0.590. The van der Waals surface area contributed by atoms with Gasteiger partial charge < -0.3 is 32.9 Å². The lowest BCUT2D eigenvalue weighted by Gasteiger charge is -2.44. The van der Waals surface area contributed by atoms with Gasteiger partial charge in [0.05, 0.1) is 11.1 Å². The number of furan rings is 3. The molecule has 0 fully saturated rings. The molecule has 0 aliphatic carbocycles. The first-order valence-corrected chi connectivity index (χ1v) is 30.5. The van der Waals surface area contributed by atoms with Gasteiger partial charge in [-0.05, 0) is 172 Å². The molecule has 3 aromatic heterocycles. The molecule has 88 heavy (non-hydrogen) atoms. The molecule has 17 rings (SSSR count). The number of para-hydroxylation sites is 5. The van der Waals surface area contributed by atoms with E-state index >= 15 is 0 Å². The van der Waals surface area contributed by atoms with Gasteiger partial charge in [0.25, 0.3) is 6.71 Å². The minimum absolute atomic E-state index is 0.0449. The van der Waals surface area contributed by atoms with Crippen LogP contribution >= 0.6 is 0 Å². The van der Waals surface area contributed by atoms with Gasteiger partial charge in [-0.3, -0.25) is 0 Å². The van der Waals surface area contributed by atoms with E-state index < -0.39 is 0 Å². The maximum absolute atomic E-state index is 7.55. The molecule has 15 aromatic rings.